The summed E-state index contributed by atoms with van der Waals surface area (Å²) in [5.74, 6) is 0.329. The molecule has 1 N–H and O–H groups in total. The van der Waals surface area contributed by atoms with Gasteiger partial charge in [-0.3, -0.25) is 4.79 Å². The van der Waals surface area contributed by atoms with Crippen molar-refractivity contribution in [1.29, 1.82) is 0 Å². The van der Waals surface area contributed by atoms with Crippen molar-refractivity contribution >= 4 is 21.6 Å². The highest BCUT2D eigenvalue weighted by molar-refractivity contribution is 7.88. The van der Waals surface area contributed by atoms with Gasteiger partial charge in [0, 0.05) is 12.2 Å². The van der Waals surface area contributed by atoms with E-state index >= 15 is 0 Å². The predicted octanol–water partition coefficient (Wildman–Crippen LogP) is 1.70. The van der Waals surface area contributed by atoms with Crippen LogP contribution < -0.4 is 10.1 Å². The van der Waals surface area contributed by atoms with Gasteiger partial charge in [0.25, 0.3) is 0 Å². The number of carbonyl (C=O) groups is 1. The molecular formula is C14H22N2O4S. The molecule has 0 radical (unpaired) electrons. The Kier molecular flexibility index (Phi) is 6.64. The first-order chi connectivity index (χ1) is 9.86. The first-order valence-electron chi connectivity index (χ1n) is 6.76. The molecule has 0 saturated carbocycles. The summed E-state index contributed by atoms with van der Waals surface area (Å²) < 4.78 is 29.5. The van der Waals surface area contributed by atoms with Gasteiger partial charge in [-0.2, -0.15) is 4.31 Å². The van der Waals surface area contributed by atoms with Crippen molar-refractivity contribution in [3.8, 4) is 5.75 Å². The molecule has 0 aromatic heterocycles. The smallest absolute Gasteiger partial charge is 0.239 e. The summed E-state index contributed by atoms with van der Waals surface area (Å²) >= 11 is 0. The van der Waals surface area contributed by atoms with Crippen LogP contribution in [0.4, 0.5) is 5.69 Å². The lowest BCUT2D eigenvalue weighted by molar-refractivity contribution is -0.116. The molecule has 1 aromatic rings. The number of benzene rings is 1. The molecule has 1 aromatic carbocycles. The van der Waals surface area contributed by atoms with Crippen LogP contribution in [-0.2, 0) is 14.8 Å². The van der Waals surface area contributed by atoms with Gasteiger partial charge in [0.2, 0.25) is 15.9 Å². The molecule has 0 aliphatic rings. The summed E-state index contributed by atoms with van der Waals surface area (Å²) in [6.45, 7) is 2.15. The minimum Gasteiger partial charge on any atom is -0.497 e. The zero-order valence-electron chi connectivity index (χ0n) is 12.6. The van der Waals surface area contributed by atoms with Crippen LogP contribution >= 0.6 is 0 Å². The summed E-state index contributed by atoms with van der Waals surface area (Å²) in [4.78, 5) is 11.9. The third-order valence-corrected chi connectivity index (χ3v) is 4.17. The Morgan fingerprint density at radius 1 is 1.29 bits per heavy atom. The summed E-state index contributed by atoms with van der Waals surface area (Å²) in [5.41, 5.74) is 0.602. The summed E-state index contributed by atoms with van der Waals surface area (Å²) in [7, 11) is -1.82. The molecule has 21 heavy (non-hydrogen) atoms. The molecule has 0 spiro atoms. The Hall–Kier alpha value is -1.60. The molecule has 0 atom stereocenters. The van der Waals surface area contributed by atoms with Gasteiger partial charge < -0.3 is 10.1 Å². The van der Waals surface area contributed by atoms with Crippen LogP contribution in [0.5, 0.6) is 5.75 Å². The van der Waals surface area contributed by atoms with Gasteiger partial charge in [-0.25, -0.2) is 8.42 Å². The molecule has 1 amide bonds. The number of nitrogens with one attached hydrogen (secondary N) is 1. The van der Waals surface area contributed by atoms with Gasteiger partial charge in [0.15, 0.2) is 0 Å². The van der Waals surface area contributed by atoms with Crippen LogP contribution in [0.3, 0.4) is 0 Å². The highest BCUT2D eigenvalue weighted by Crippen LogP contribution is 2.15. The lowest BCUT2D eigenvalue weighted by atomic mass is 10.3. The van der Waals surface area contributed by atoms with Gasteiger partial charge in [-0.05, 0) is 30.7 Å². The SMILES string of the molecule is CCCCN(CC(=O)Nc1ccc(OC)cc1)S(C)(=O)=O. The van der Waals surface area contributed by atoms with Crippen LogP contribution in [-0.4, -0.2) is 45.1 Å². The highest BCUT2D eigenvalue weighted by atomic mass is 32.2. The van der Waals surface area contributed by atoms with Crippen LogP contribution in [0, 0.1) is 0 Å². The highest BCUT2D eigenvalue weighted by Gasteiger charge is 2.19. The monoisotopic (exact) mass is 314 g/mol. The molecule has 118 valence electrons. The normalized spacial score (nSPS) is 11.4. The second kappa shape index (κ2) is 7.99. The number of carbonyl (C=O) groups excluding carboxylic acids is 1. The fraction of sp³-hybridized carbons (Fsp3) is 0.500. The van der Waals surface area contributed by atoms with Gasteiger partial charge in [0.05, 0.1) is 19.9 Å². The fourth-order valence-corrected chi connectivity index (χ4v) is 2.54. The first kappa shape index (κ1) is 17.5. The molecule has 0 aliphatic carbocycles. The molecule has 6 nitrogen and oxygen atoms in total. The second-order valence-corrected chi connectivity index (χ2v) is 6.71. The fourth-order valence-electron chi connectivity index (χ4n) is 1.73. The topological polar surface area (TPSA) is 75.7 Å². The van der Waals surface area contributed by atoms with Crippen molar-refractivity contribution < 1.29 is 17.9 Å². The van der Waals surface area contributed by atoms with E-state index in [4.69, 9.17) is 4.74 Å². The third kappa shape index (κ3) is 6.14. The van der Waals surface area contributed by atoms with Crippen LogP contribution in [0.2, 0.25) is 0 Å². The van der Waals surface area contributed by atoms with Crippen LogP contribution in [0.1, 0.15) is 19.8 Å². The van der Waals surface area contributed by atoms with E-state index in [1.165, 1.54) is 4.31 Å². The quantitative estimate of drug-likeness (QED) is 0.792. The van der Waals surface area contributed by atoms with Crippen molar-refractivity contribution in [2.45, 2.75) is 19.8 Å². The van der Waals surface area contributed by atoms with E-state index in [1.807, 2.05) is 6.92 Å². The minimum atomic E-state index is -3.38. The van der Waals surface area contributed by atoms with Crippen molar-refractivity contribution in [1.82, 2.24) is 4.31 Å². The number of methoxy groups -OCH3 is 1. The molecule has 0 heterocycles. The number of unbranched alkanes of at least 4 members (excludes halogenated alkanes) is 1. The van der Waals surface area contributed by atoms with E-state index in [1.54, 1.807) is 31.4 Å². The largest absolute Gasteiger partial charge is 0.497 e. The number of rotatable bonds is 8. The molecule has 1 rings (SSSR count). The Bertz CT molecular complexity index is 555. The number of amides is 1. The second-order valence-electron chi connectivity index (χ2n) is 4.73. The van der Waals surface area contributed by atoms with Gasteiger partial charge >= 0.3 is 0 Å². The summed E-state index contributed by atoms with van der Waals surface area (Å²) in [5, 5.41) is 2.67. The average molecular weight is 314 g/mol. The zero-order chi connectivity index (χ0) is 15.9. The Morgan fingerprint density at radius 3 is 2.38 bits per heavy atom. The van der Waals surface area contributed by atoms with Gasteiger partial charge in [-0.1, -0.05) is 13.3 Å². The molecular weight excluding hydrogens is 292 g/mol. The first-order valence-corrected chi connectivity index (χ1v) is 8.60. The van der Waals surface area contributed by atoms with E-state index < -0.39 is 10.0 Å². The Labute approximate surface area is 126 Å². The lowest BCUT2D eigenvalue weighted by Crippen LogP contribution is -2.37. The maximum absolute atomic E-state index is 11.9. The number of hydrogen-bond acceptors (Lipinski definition) is 4. The number of nitrogens with zero attached hydrogens (tertiary/aromatic N) is 1. The van der Waals surface area contributed by atoms with Gasteiger partial charge in [0.1, 0.15) is 5.75 Å². The maximum atomic E-state index is 11.9. The third-order valence-electron chi connectivity index (χ3n) is 2.92. The number of hydrogen-bond donors (Lipinski definition) is 1. The van der Waals surface area contributed by atoms with E-state index in [-0.39, 0.29) is 12.5 Å². The zero-order valence-corrected chi connectivity index (χ0v) is 13.4. The number of sulfonamides is 1. The molecule has 0 bridgehead atoms. The van der Waals surface area contributed by atoms with Crippen molar-refractivity contribution in [2.75, 3.05) is 31.8 Å². The number of ether oxygens (including phenoxy) is 1. The Morgan fingerprint density at radius 2 is 1.90 bits per heavy atom. The minimum absolute atomic E-state index is 0.176. The molecule has 0 unspecified atom stereocenters. The molecule has 0 aliphatic heterocycles. The number of anilines is 1. The maximum Gasteiger partial charge on any atom is 0.239 e. The van der Waals surface area contributed by atoms with E-state index in [0.717, 1.165) is 19.1 Å². The summed E-state index contributed by atoms with van der Waals surface area (Å²) in [6, 6.07) is 6.85. The Balaban J connectivity index is 2.64. The molecule has 7 heteroatoms. The van der Waals surface area contributed by atoms with Crippen molar-refractivity contribution in [3.05, 3.63) is 24.3 Å². The molecule has 0 saturated heterocycles. The lowest BCUT2D eigenvalue weighted by Gasteiger charge is -2.19. The summed E-state index contributed by atoms with van der Waals surface area (Å²) in [6.07, 6.45) is 2.71. The van der Waals surface area contributed by atoms with E-state index in [9.17, 15) is 13.2 Å². The van der Waals surface area contributed by atoms with E-state index in [2.05, 4.69) is 5.32 Å². The van der Waals surface area contributed by atoms with Crippen LogP contribution in [0.25, 0.3) is 0 Å². The van der Waals surface area contributed by atoms with Crippen molar-refractivity contribution in [2.24, 2.45) is 0 Å². The standard InChI is InChI=1S/C14H22N2O4S/c1-4-5-10-16(21(3,18)19)11-14(17)15-12-6-8-13(20-2)9-7-12/h6-9H,4-5,10-11H2,1-3H3,(H,15,17). The van der Waals surface area contributed by atoms with E-state index in [0.29, 0.717) is 18.0 Å². The van der Waals surface area contributed by atoms with Crippen molar-refractivity contribution in [3.63, 3.8) is 0 Å². The van der Waals surface area contributed by atoms with Gasteiger partial charge in [-0.15, -0.1) is 0 Å². The predicted molar refractivity (Wildman–Crippen MR) is 82.9 cm³/mol. The van der Waals surface area contributed by atoms with Crippen LogP contribution in [0.15, 0.2) is 24.3 Å². The average Bonchev–Trinajstić information content (AvgIpc) is 2.43. The molecule has 0 fully saturated rings.